The largest absolute Gasteiger partial charge is 0.494 e. The summed E-state index contributed by atoms with van der Waals surface area (Å²) < 4.78 is 19.8. The van der Waals surface area contributed by atoms with Gasteiger partial charge in [-0.05, 0) is 42.8 Å². The molecule has 4 rings (SSSR count). The molecule has 3 aromatic carbocycles. The smallest absolute Gasteiger partial charge is 0.323 e. The molecule has 0 atom stereocenters. The number of thiazole rings is 1. The van der Waals surface area contributed by atoms with Crippen LogP contribution in [0.4, 0.5) is 25.7 Å². The first-order chi connectivity index (χ1) is 15.4. The summed E-state index contributed by atoms with van der Waals surface area (Å²) >= 11 is 1.25. The number of fused-ring (bicyclic) bond motifs is 1. The topological polar surface area (TPSA) is 92.4 Å². The Morgan fingerprint density at radius 3 is 2.44 bits per heavy atom. The van der Waals surface area contributed by atoms with Crippen molar-refractivity contribution in [2.24, 2.45) is 0 Å². The number of halogens is 1. The second kappa shape index (κ2) is 9.03. The van der Waals surface area contributed by atoms with E-state index >= 15 is 0 Å². The van der Waals surface area contributed by atoms with Gasteiger partial charge in [0.05, 0.1) is 11.8 Å². The van der Waals surface area contributed by atoms with Crippen molar-refractivity contribution in [3.05, 3.63) is 77.6 Å². The summed E-state index contributed by atoms with van der Waals surface area (Å²) in [5.74, 6) is -0.233. The first-order valence-electron chi connectivity index (χ1n) is 9.62. The summed E-state index contributed by atoms with van der Waals surface area (Å²) in [6.07, 6.45) is 0. The Hall–Kier alpha value is -3.98. The second-order valence-corrected chi connectivity index (χ2v) is 7.94. The molecule has 0 aliphatic carbocycles. The fraction of sp³-hybridized carbons (Fsp3) is 0.0870. The lowest BCUT2D eigenvalue weighted by Gasteiger charge is -2.10. The summed E-state index contributed by atoms with van der Waals surface area (Å²) in [5.41, 5.74) is 2.37. The summed E-state index contributed by atoms with van der Waals surface area (Å²) in [6, 6.07) is 16.1. The average Bonchev–Trinajstić information content (AvgIpc) is 3.18. The van der Waals surface area contributed by atoms with Gasteiger partial charge in [0, 0.05) is 23.0 Å². The molecule has 0 aliphatic heterocycles. The van der Waals surface area contributed by atoms with Crippen molar-refractivity contribution in [2.75, 3.05) is 23.1 Å². The van der Waals surface area contributed by atoms with Crippen molar-refractivity contribution in [2.45, 2.75) is 6.92 Å². The lowest BCUT2D eigenvalue weighted by atomic mass is 10.2. The van der Waals surface area contributed by atoms with Crippen LogP contribution in [0, 0.1) is 12.7 Å². The number of carbonyl (C=O) groups excluding carboxylic acids is 2. The van der Waals surface area contributed by atoms with Gasteiger partial charge in [-0.25, -0.2) is 14.2 Å². The van der Waals surface area contributed by atoms with E-state index < -0.39 is 11.8 Å². The van der Waals surface area contributed by atoms with Crippen molar-refractivity contribution in [3.63, 3.8) is 0 Å². The molecule has 0 spiro atoms. The summed E-state index contributed by atoms with van der Waals surface area (Å²) in [6.45, 7) is 1.65. The fourth-order valence-corrected chi connectivity index (χ4v) is 3.92. The number of ether oxygens (including phenoxy) is 1. The van der Waals surface area contributed by atoms with Gasteiger partial charge >= 0.3 is 6.03 Å². The molecule has 32 heavy (non-hydrogen) atoms. The Labute approximate surface area is 187 Å². The molecule has 9 heteroatoms. The van der Waals surface area contributed by atoms with Crippen molar-refractivity contribution in [1.29, 1.82) is 0 Å². The number of aromatic nitrogens is 1. The molecule has 4 aromatic rings. The van der Waals surface area contributed by atoms with Gasteiger partial charge in [0.2, 0.25) is 0 Å². The lowest BCUT2D eigenvalue weighted by molar-refractivity contribution is 0.102. The number of nitrogens with one attached hydrogen (secondary N) is 3. The van der Waals surface area contributed by atoms with Crippen LogP contribution in [0.25, 0.3) is 10.2 Å². The molecule has 1 aromatic heterocycles. The molecule has 0 saturated carbocycles. The number of benzene rings is 3. The molecule has 3 amide bonds. The Bertz CT molecular complexity index is 1310. The maximum Gasteiger partial charge on any atom is 0.323 e. The SMILES string of the molecule is COc1cc(NC(=O)Nc2ccc(C)c(F)c2)cc2sc(NC(=O)c3ccccc3)nc12. The van der Waals surface area contributed by atoms with Gasteiger partial charge < -0.3 is 15.4 Å². The zero-order valence-electron chi connectivity index (χ0n) is 17.2. The van der Waals surface area contributed by atoms with Crippen LogP contribution in [-0.2, 0) is 0 Å². The number of amides is 3. The highest BCUT2D eigenvalue weighted by molar-refractivity contribution is 7.22. The van der Waals surface area contributed by atoms with Gasteiger partial charge in [-0.1, -0.05) is 35.6 Å². The van der Waals surface area contributed by atoms with Gasteiger partial charge in [0.25, 0.3) is 5.91 Å². The van der Waals surface area contributed by atoms with E-state index in [1.807, 2.05) is 6.07 Å². The van der Waals surface area contributed by atoms with Crippen LogP contribution in [-0.4, -0.2) is 24.0 Å². The molecule has 162 valence electrons. The third-order valence-electron chi connectivity index (χ3n) is 4.62. The first-order valence-corrected chi connectivity index (χ1v) is 10.4. The molecular weight excluding hydrogens is 431 g/mol. The number of hydrogen-bond acceptors (Lipinski definition) is 5. The van der Waals surface area contributed by atoms with Crippen LogP contribution in [0.2, 0.25) is 0 Å². The molecule has 0 unspecified atom stereocenters. The molecular formula is C23H19FN4O3S. The van der Waals surface area contributed by atoms with E-state index in [2.05, 4.69) is 20.9 Å². The normalized spacial score (nSPS) is 10.6. The third-order valence-corrected chi connectivity index (χ3v) is 5.54. The highest BCUT2D eigenvalue weighted by Gasteiger charge is 2.15. The van der Waals surface area contributed by atoms with Gasteiger partial charge in [0.15, 0.2) is 5.13 Å². The Kier molecular flexibility index (Phi) is 6.00. The van der Waals surface area contributed by atoms with Crippen LogP contribution < -0.4 is 20.7 Å². The lowest BCUT2D eigenvalue weighted by Crippen LogP contribution is -2.19. The highest BCUT2D eigenvalue weighted by Crippen LogP contribution is 2.35. The second-order valence-electron chi connectivity index (χ2n) is 6.91. The quantitative estimate of drug-likeness (QED) is 0.366. The molecule has 1 heterocycles. The van der Waals surface area contributed by atoms with E-state index in [-0.39, 0.29) is 5.91 Å². The highest BCUT2D eigenvalue weighted by atomic mass is 32.1. The van der Waals surface area contributed by atoms with Crippen molar-refractivity contribution in [3.8, 4) is 5.75 Å². The van der Waals surface area contributed by atoms with Crippen LogP contribution in [0.1, 0.15) is 15.9 Å². The molecule has 0 radical (unpaired) electrons. The van der Waals surface area contributed by atoms with E-state index in [4.69, 9.17) is 4.74 Å². The molecule has 7 nitrogen and oxygen atoms in total. The molecule has 0 saturated heterocycles. The number of carbonyl (C=O) groups is 2. The van der Waals surface area contributed by atoms with Gasteiger partial charge in [0.1, 0.15) is 17.1 Å². The zero-order chi connectivity index (χ0) is 22.7. The van der Waals surface area contributed by atoms with Crippen LogP contribution in [0.15, 0.2) is 60.7 Å². The van der Waals surface area contributed by atoms with Crippen LogP contribution >= 0.6 is 11.3 Å². The molecule has 0 aliphatic rings. The maximum atomic E-state index is 13.7. The molecule has 0 fully saturated rings. The molecule has 3 N–H and O–H groups in total. The van der Waals surface area contributed by atoms with E-state index in [1.165, 1.54) is 24.5 Å². The Morgan fingerprint density at radius 2 is 1.72 bits per heavy atom. The number of methoxy groups -OCH3 is 1. The summed E-state index contributed by atoms with van der Waals surface area (Å²) in [5, 5.41) is 8.49. The number of anilines is 3. The van der Waals surface area contributed by atoms with Gasteiger partial charge in [-0.15, -0.1) is 0 Å². The minimum atomic E-state index is -0.531. The van der Waals surface area contributed by atoms with Gasteiger partial charge in [-0.3, -0.25) is 10.1 Å². The van der Waals surface area contributed by atoms with Crippen molar-refractivity contribution >= 4 is 50.0 Å². The average molecular weight is 450 g/mol. The van der Waals surface area contributed by atoms with Gasteiger partial charge in [-0.2, -0.15) is 0 Å². The van der Waals surface area contributed by atoms with Crippen LogP contribution in [0.3, 0.4) is 0 Å². The van der Waals surface area contributed by atoms with Crippen molar-refractivity contribution < 1.29 is 18.7 Å². The minimum absolute atomic E-state index is 0.272. The Balaban J connectivity index is 1.53. The number of nitrogens with zero attached hydrogens (tertiary/aromatic N) is 1. The van der Waals surface area contributed by atoms with Crippen molar-refractivity contribution in [1.82, 2.24) is 4.98 Å². The number of aryl methyl sites for hydroxylation is 1. The minimum Gasteiger partial charge on any atom is -0.494 e. The molecule has 0 bridgehead atoms. The number of urea groups is 1. The predicted octanol–water partition coefficient (Wildman–Crippen LogP) is 5.65. The van der Waals surface area contributed by atoms with E-state index in [1.54, 1.807) is 55.5 Å². The number of hydrogen-bond donors (Lipinski definition) is 3. The van der Waals surface area contributed by atoms with E-state index in [9.17, 15) is 14.0 Å². The Morgan fingerprint density at radius 1 is 0.969 bits per heavy atom. The fourth-order valence-electron chi connectivity index (χ4n) is 3.00. The monoisotopic (exact) mass is 450 g/mol. The third kappa shape index (κ3) is 4.68. The van der Waals surface area contributed by atoms with E-state index in [0.717, 1.165) is 0 Å². The zero-order valence-corrected chi connectivity index (χ0v) is 18.0. The van der Waals surface area contributed by atoms with E-state index in [0.29, 0.717) is 43.6 Å². The summed E-state index contributed by atoms with van der Waals surface area (Å²) in [4.78, 5) is 29.2. The first kappa shape index (κ1) is 21.3. The number of rotatable bonds is 5. The summed E-state index contributed by atoms with van der Waals surface area (Å²) in [7, 11) is 1.50. The van der Waals surface area contributed by atoms with Crippen LogP contribution in [0.5, 0.6) is 5.75 Å². The standard InChI is InChI=1S/C23H19FN4O3S/c1-13-8-9-15(10-17(13)24)25-22(30)26-16-11-18(31-2)20-19(12-16)32-23(27-20)28-21(29)14-6-4-3-5-7-14/h3-12H,1-2H3,(H2,25,26,30)(H,27,28,29). The predicted molar refractivity (Wildman–Crippen MR) is 124 cm³/mol. The maximum absolute atomic E-state index is 13.7.